The number of nitro groups is 1. The molecular formula is C17H20ClN5O4. The number of aryl methyl sites for hydroxylation is 1. The molecule has 0 radical (unpaired) electrons. The molecule has 0 aliphatic heterocycles. The summed E-state index contributed by atoms with van der Waals surface area (Å²) in [6, 6.07) is 3.73. The van der Waals surface area contributed by atoms with Crippen LogP contribution in [0, 0.1) is 16.0 Å². The Balaban J connectivity index is 2.27. The number of nitrogens with zero attached hydrogens (tertiary/aromatic N) is 3. The number of carbonyl (C=O) groups excluding carboxylic acids is 2. The zero-order valence-electron chi connectivity index (χ0n) is 15.2. The maximum Gasteiger partial charge on any atom is 0.288 e. The summed E-state index contributed by atoms with van der Waals surface area (Å²) in [7, 11) is 0. The molecule has 10 heteroatoms. The van der Waals surface area contributed by atoms with Crippen molar-refractivity contribution in [2.24, 2.45) is 5.92 Å². The van der Waals surface area contributed by atoms with Gasteiger partial charge in [0.1, 0.15) is 5.02 Å². The maximum atomic E-state index is 12.5. The van der Waals surface area contributed by atoms with Crippen LogP contribution in [0.25, 0.3) is 0 Å². The van der Waals surface area contributed by atoms with Gasteiger partial charge in [0.15, 0.2) is 5.69 Å². The van der Waals surface area contributed by atoms with Crippen molar-refractivity contribution in [1.29, 1.82) is 0 Å². The highest BCUT2D eigenvalue weighted by Gasteiger charge is 2.21. The fourth-order valence-corrected chi connectivity index (χ4v) is 2.40. The molecule has 144 valence electrons. The van der Waals surface area contributed by atoms with Crippen molar-refractivity contribution < 1.29 is 14.5 Å². The summed E-state index contributed by atoms with van der Waals surface area (Å²) in [5.74, 6) is -0.758. The first-order chi connectivity index (χ1) is 12.7. The molecule has 2 aromatic rings. The molecular weight excluding hydrogens is 374 g/mol. The minimum Gasteiger partial charge on any atom is -0.350 e. The molecule has 1 aromatic carbocycles. The predicted molar refractivity (Wildman–Crippen MR) is 101 cm³/mol. The molecule has 0 aliphatic rings. The van der Waals surface area contributed by atoms with Gasteiger partial charge < -0.3 is 10.6 Å². The van der Waals surface area contributed by atoms with Gasteiger partial charge in [-0.1, -0.05) is 25.4 Å². The van der Waals surface area contributed by atoms with Crippen LogP contribution in [0.4, 0.5) is 11.4 Å². The van der Waals surface area contributed by atoms with Gasteiger partial charge in [-0.05, 0) is 25.0 Å². The van der Waals surface area contributed by atoms with E-state index >= 15 is 0 Å². The molecule has 27 heavy (non-hydrogen) atoms. The number of anilines is 1. The Kier molecular flexibility index (Phi) is 6.51. The minimum atomic E-state index is -0.668. The van der Waals surface area contributed by atoms with Crippen LogP contribution in [-0.4, -0.2) is 33.1 Å². The number of hydrogen-bond donors (Lipinski definition) is 2. The Morgan fingerprint density at radius 3 is 2.63 bits per heavy atom. The van der Waals surface area contributed by atoms with Gasteiger partial charge in [-0.2, -0.15) is 5.10 Å². The first kappa shape index (κ1) is 20.4. The van der Waals surface area contributed by atoms with Crippen LogP contribution >= 0.6 is 11.6 Å². The quantitative estimate of drug-likeness (QED) is 0.553. The summed E-state index contributed by atoms with van der Waals surface area (Å²) in [6.45, 7) is 6.74. The standard InChI is InChI=1S/C17H20ClN5O4/c1-4-22-9-13(15(21-22)17(25)19-8-10(2)3)20-16(24)11-5-6-12(18)14(7-11)23(26)27/h5-7,9-10H,4,8H2,1-3H3,(H,19,25)(H,20,24). The van der Waals surface area contributed by atoms with E-state index in [-0.39, 0.29) is 33.6 Å². The van der Waals surface area contributed by atoms with Crippen molar-refractivity contribution >= 4 is 34.8 Å². The third-order valence-electron chi connectivity index (χ3n) is 3.62. The lowest BCUT2D eigenvalue weighted by Gasteiger charge is -2.08. The minimum absolute atomic E-state index is 0.0453. The van der Waals surface area contributed by atoms with Gasteiger partial charge >= 0.3 is 0 Å². The Morgan fingerprint density at radius 1 is 1.33 bits per heavy atom. The fraction of sp³-hybridized carbons (Fsp3) is 0.353. The van der Waals surface area contributed by atoms with E-state index < -0.39 is 16.7 Å². The Hall–Kier alpha value is -2.94. The van der Waals surface area contributed by atoms with Crippen LogP contribution in [-0.2, 0) is 6.54 Å². The SMILES string of the molecule is CCn1cc(NC(=O)c2ccc(Cl)c([N+](=O)[O-])c2)c(C(=O)NCC(C)C)n1. The van der Waals surface area contributed by atoms with Crippen molar-refractivity contribution in [3.63, 3.8) is 0 Å². The van der Waals surface area contributed by atoms with Crippen molar-refractivity contribution in [2.75, 3.05) is 11.9 Å². The summed E-state index contributed by atoms with van der Waals surface area (Å²) in [4.78, 5) is 35.2. The molecule has 0 atom stereocenters. The van der Waals surface area contributed by atoms with Gasteiger partial charge in [-0.3, -0.25) is 24.4 Å². The normalized spacial score (nSPS) is 10.7. The molecule has 0 spiro atoms. The molecule has 0 bridgehead atoms. The highest BCUT2D eigenvalue weighted by molar-refractivity contribution is 6.32. The zero-order chi connectivity index (χ0) is 20.1. The Labute approximate surface area is 160 Å². The second-order valence-corrected chi connectivity index (χ2v) is 6.64. The van der Waals surface area contributed by atoms with Gasteiger partial charge in [0.25, 0.3) is 17.5 Å². The molecule has 0 aliphatic carbocycles. The average Bonchev–Trinajstić information content (AvgIpc) is 3.02. The molecule has 9 nitrogen and oxygen atoms in total. The summed E-state index contributed by atoms with van der Waals surface area (Å²) in [5.41, 5.74) is -0.0256. The first-order valence-electron chi connectivity index (χ1n) is 8.33. The number of aromatic nitrogens is 2. The summed E-state index contributed by atoms with van der Waals surface area (Å²) >= 11 is 5.77. The molecule has 0 fully saturated rings. The lowest BCUT2D eigenvalue weighted by Crippen LogP contribution is -2.28. The van der Waals surface area contributed by atoms with Crippen molar-refractivity contribution in [2.45, 2.75) is 27.3 Å². The largest absolute Gasteiger partial charge is 0.350 e. The molecule has 1 aromatic heterocycles. The van der Waals surface area contributed by atoms with Crippen molar-refractivity contribution in [3.05, 3.63) is 50.8 Å². The van der Waals surface area contributed by atoms with Crippen molar-refractivity contribution in [1.82, 2.24) is 15.1 Å². The lowest BCUT2D eigenvalue weighted by molar-refractivity contribution is -0.384. The van der Waals surface area contributed by atoms with E-state index in [0.717, 1.165) is 6.07 Å². The number of nitrogens with one attached hydrogen (secondary N) is 2. The van der Waals surface area contributed by atoms with Gasteiger partial charge in [0.2, 0.25) is 0 Å². The van der Waals surface area contributed by atoms with Gasteiger partial charge in [-0.15, -0.1) is 0 Å². The Morgan fingerprint density at radius 2 is 2.04 bits per heavy atom. The van der Waals surface area contributed by atoms with E-state index in [4.69, 9.17) is 11.6 Å². The highest BCUT2D eigenvalue weighted by atomic mass is 35.5. The predicted octanol–water partition coefficient (Wildman–Crippen LogP) is 3.10. The number of carbonyl (C=O) groups is 2. The molecule has 0 unspecified atom stereocenters. The van der Waals surface area contributed by atoms with E-state index in [9.17, 15) is 19.7 Å². The van der Waals surface area contributed by atoms with Gasteiger partial charge in [0, 0.05) is 30.9 Å². The van der Waals surface area contributed by atoms with E-state index in [1.807, 2.05) is 20.8 Å². The van der Waals surface area contributed by atoms with Crippen LogP contribution < -0.4 is 10.6 Å². The average molecular weight is 394 g/mol. The molecule has 2 rings (SSSR count). The van der Waals surface area contributed by atoms with Crippen LogP contribution in [0.5, 0.6) is 0 Å². The maximum absolute atomic E-state index is 12.5. The second-order valence-electron chi connectivity index (χ2n) is 6.23. The highest BCUT2D eigenvalue weighted by Crippen LogP contribution is 2.25. The number of hydrogen-bond acceptors (Lipinski definition) is 5. The van der Waals surface area contributed by atoms with Crippen LogP contribution in [0.2, 0.25) is 5.02 Å². The summed E-state index contributed by atoms with van der Waals surface area (Å²) in [5, 5.41) is 20.4. The third-order valence-corrected chi connectivity index (χ3v) is 3.94. The van der Waals surface area contributed by atoms with E-state index in [1.165, 1.54) is 23.0 Å². The number of benzene rings is 1. The van der Waals surface area contributed by atoms with E-state index in [2.05, 4.69) is 15.7 Å². The lowest BCUT2D eigenvalue weighted by atomic mass is 10.2. The molecule has 2 amide bonds. The van der Waals surface area contributed by atoms with E-state index in [1.54, 1.807) is 0 Å². The third kappa shape index (κ3) is 5.04. The number of halogens is 1. The first-order valence-corrected chi connectivity index (χ1v) is 8.71. The monoisotopic (exact) mass is 393 g/mol. The number of nitro benzene ring substituents is 1. The topological polar surface area (TPSA) is 119 Å². The van der Waals surface area contributed by atoms with Crippen LogP contribution in [0.1, 0.15) is 41.6 Å². The summed E-state index contributed by atoms with van der Waals surface area (Å²) in [6.07, 6.45) is 1.53. The van der Waals surface area contributed by atoms with Crippen LogP contribution in [0.15, 0.2) is 24.4 Å². The zero-order valence-corrected chi connectivity index (χ0v) is 15.9. The second kappa shape index (κ2) is 8.63. The molecule has 0 saturated heterocycles. The number of amides is 2. The smallest absolute Gasteiger partial charge is 0.288 e. The molecule has 0 saturated carbocycles. The number of rotatable bonds is 7. The fourth-order valence-electron chi connectivity index (χ4n) is 2.21. The van der Waals surface area contributed by atoms with Gasteiger partial charge in [0.05, 0.1) is 10.6 Å². The molecule has 1 heterocycles. The molecule has 2 N–H and O–H groups in total. The van der Waals surface area contributed by atoms with Crippen molar-refractivity contribution in [3.8, 4) is 0 Å². The van der Waals surface area contributed by atoms with Crippen LogP contribution in [0.3, 0.4) is 0 Å². The summed E-state index contributed by atoms with van der Waals surface area (Å²) < 4.78 is 1.52. The van der Waals surface area contributed by atoms with E-state index in [0.29, 0.717) is 13.1 Å². The Bertz CT molecular complexity index is 878. The van der Waals surface area contributed by atoms with Gasteiger partial charge in [-0.25, -0.2) is 0 Å².